The number of carboxylic acids is 1. The first-order valence-corrected chi connectivity index (χ1v) is 6.82. The van der Waals surface area contributed by atoms with Crippen molar-refractivity contribution in [2.75, 3.05) is 7.05 Å². The van der Waals surface area contributed by atoms with Gasteiger partial charge < -0.3 is 10.0 Å². The molecule has 0 fully saturated rings. The van der Waals surface area contributed by atoms with Crippen molar-refractivity contribution in [2.45, 2.75) is 26.3 Å². The zero-order valence-electron chi connectivity index (χ0n) is 12.3. The number of likely N-dealkylation sites (N-methyl/N-ethyl adjacent to an activating group) is 1. The third-order valence-electron chi connectivity index (χ3n) is 3.53. The van der Waals surface area contributed by atoms with Crippen LogP contribution in [0.1, 0.15) is 29.4 Å². The number of pyridine rings is 1. The molecule has 2 aromatic rings. The summed E-state index contributed by atoms with van der Waals surface area (Å²) >= 11 is 0. The summed E-state index contributed by atoms with van der Waals surface area (Å²) in [7, 11) is 1.52. The number of aliphatic carboxylic acids is 1. The molecule has 1 N–H and O–H groups in total. The average Bonchev–Trinajstić information content (AvgIpc) is 2.45. The third-order valence-corrected chi connectivity index (χ3v) is 3.53. The molecule has 5 nitrogen and oxygen atoms in total. The number of carbonyl (C=O) groups is 2. The van der Waals surface area contributed by atoms with E-state index in [0.717, 1.165) is 16.6 Å². The lowest BCUT2D eigenvalue weighted by molar-refractivity contribution is -0.142. The molecule has 1 unspecified atom stereocenters. The first-order chi connectivity index (χ1) is 9.95. The molecule has 0 bridgehead atoms. The molecule has 21 heavy (non-hydrogen) atoms. The van der Waals surface area contributed by atoms with Crippen LogP contribution >= 0.6 is 0 Å². The number of carboxylic acid groups (broad SMARTS) is 1. The third kappa shape index (κ3) is 2.86. The number of aryl methyl sites for hydroxylation is 1. The van der Waals surface area contributed by atoms with Gasteiger partial charge in [-0.3, -0.25) is 9.78 Å². The summed E-state index contributed by atoms with van der Waals surface area (Å²) in [6, 6.07) is 8.24. The fourth-order valence-corrected chi connectivity index (χ4v) is 2.43. The maximum atomic E-state index is 12.7. The van der Waals surface area contributed by atoms with Crippen LogP contribution in [0, 0.1) is 6.92 Å². The monoisotopic (exact) mass is 286 g/mol. The highest BCUT2D eigenvalue weighted by Crippen LogP contribution is 2.20. The van der Waals surface area contributed by atoms with Gasteiger partial charge in [0.2, 0.25) is 0 Å². The number of nitrogens with zero attached hydrogens (tertiary/aromatic N) is 2. The second-order valence-corrected chi connectivity index (χ2v) is 5.01. The van der Waals surface area contributed by atoms with Crippen molar-refractivity contribution in [1.29, 1.82) is 0 Å². The van der Waals surface area contributed by atoms with Crippen LogP contribution in [-0.2, 0) is 4.79 Å². The van der Waals surface area contributed by atoms with E-state index >= 15 is 0 Å². The summed E-state index contributed by atoms with van der Waals surface area (Å²) in [5.74, 6) is -1.30. The number of aromatic nitrogens is 1. The van der Waals surface area contributed by atoms with E-state index in [2.05, 4.69) is 4.98 Å². The summed E-state index contributed by atoms with van der Waals surface area (Å²) in [6.07, 6.45) is 0.361. The molecular formula is C16H18N2O3. The van der Waals surface area contributed by atoms with Crippen LogP contribution in [0.15, 0.2) is 30.3 Å². The highest BCUT2D eigenvalue weighted by atomic mass is 16.4. The summed E-state index contributed by atoms with van der Waals surface area (Å²) in [4.78, 5) is 29.6. The normalized spacial score (nSPS) is 12.1. The molecule has 0 aliphatic heterocycles. The van der Waals surface area contributed by atoms with E-state index in [1.807, 2.05) is 31.2 Å². The van der Waals surface area contributed by atoms with E-state index in [1.165, 1.54) is 11.9 Å². The molecule has 1 aromatic carbocycles. The van der Waals surface area contributed by atoms with Gasteiger partial charge in [0.15, 0.2) is 0 Å². The standard InChI is InChI=1S/C16H18N2O3/c1-4-14(16(20)21)18(3)15(19)12-9-10(2)17-13-8-6-5-7-11(12)13/h5-9,14H,4H2,1-3H3,(H,20,21). The summed E-state index contributed by atoms with van der Waals surface area (Å²) in [5, 5.41) is 9.94. The van der Waals surface area contributed by atoms with E-state index in [9.17, 15) is 14.7 Å². The Kier molecular flexibility index (Phi) is 4.21. The van der Waals surface area contributed by atoms with Crippen molar-refractivity contribution in [3.8, 4) is 0 Å². The van der Waals surface area contributed by atoms with Crippen molar-refractivity contribution in [2.24, 2.45) is 0 Å². The van der Waals surface area contributed by atoms with E-state index in [1.54, 1.807) is 13.0 Å². The molecule has 0 spiro atoms. The molecule has 2 rings (SSSR count). The molecule has 0 aliphatic rings. The summed E-state index contributed by atoms with van der Waals surface area (Å²) in [6.45, 7) is 3.57. The average molecular weight is 286 g/mol. The van der Waals surface area contributed by atoms with Gasteiger partial charge in [0.05, 0.1) is 11.1 Å². The van der Waals surface area contributed by atoms with Crippen LogP contribution in [0.25, 0.3) is 10.9 Å². The van der Waals surface area contributed by atoms with Crippen molar-refractivity contribution in [3.05, 3.63) is 41.6 Å². The predicted molar refractivity (Wildman–Crippen MR) is 80.3 cm³/mol. The van der Waals surface area contributed by atoms with E-state index in [0.29, 0.717) is 12.0 Å². The quantitative estimate of drug-likeness (QED) is 0.937. The second-order valence-electron chi connectivity index (χ2n) is 5.01. The Morgan fingerprint density at radius 3 is 2.62 bits per heavy atom. The molecule has 1 heterocycles. The topological polar surface area (TPSA) is 70.5 Å². The minimum Gasteiger partial charge on any atom is -0.480 e. The van der Waals surface area contributed by atoms with E-state index in [-0.39, 0.29) is 5.91 Å². The highest BCUT2D eigenvalue weighted by Gasteiger charge is 2.26. The summed E-state index contributed by atoms with van der Waals surface area (Å²) in [5.41, 5.74) is 1.95. The van der Waals surface area contributed by atoms with Gasteiger partial charge in [-0.25, -0.2) is 4.79 Å². The Balaban J connectivity index is 2.50. The van der Waals surface area contributed by atoms with Gasteiger partial charge in [0.25, 0.3) is 5.91 Å². The first-order valence-electron chi connectivity index (χ1n) is 6.82. The fraction of sp³-hybridized carbons (Fsp3) is 0.312. The number of rotatable bonds is 4. The number of carbonyl (C=O) groups excluding carboxylic acids is 1. The Morgan fingerprint density at radius 2 is 2.00 bits per heavy atom. The predicted octanol–water partition coefficient (Wildman–Crippen LogP) is 2.48. The minimum atomic E-state index is -0.997. The van der Waals surface area contributed by atoms with Gasteiger partial charge in [-0.1, -0.05) is 25.1 Å². The lowest BCUT2D eigenvalue weighted by Gasteiger charge is -2.24. The lowest BCUT2D eigenvalue weighted by atomic mass is 10.1. The van der Waals surface area contributed by atoms with Crippen LogP contribution in [0.4, 0.5) is 0 Å². The zero-order valence-corrected chi connectivity index (χ0v) is 12.3. The maximum absolute atomic E-state index is 12.7. The smallest absolute Gasteiger partial charge is 0.326 e. The van der Waals surface area contributed by atoms with Crippen LogP contribution < -0.4 is 0 Å². The first kappa shape index (κ1) is 15.0. The van der Waals surface area contributed by atoms with E-state index in [4.69, 9.17) is 0 Å². The Labute approximate surface area is 123 Å². The molecule has 110 valence electrons. The van der Waals surface area contributed by atoms with Crippen molar-refractivity contribution in [1.82, 2.24) is 9.88 Å². The molecule has 1 atom stereocenters. The van der Waals surface area contributed by atoms with Gasteiger partial charge in [-0.2, -0.15) is 0 Å². The van der Waals surface area contributed by atoms with Crippen LogP contribution in [-0.4, -0.2) is 40.0 Å². The fourth-order valence-electron chi connectivity index (χ4n) is 2.43. The number of amides is 1. The van der Waals surface area contributed by atoms with Crippen LogP contribution in [0.5, 0.6) is 0 Å². The molecule has 0 aliphatic carbocycles. The minimum absolute atomic E-state index is 0.300. The molecule has 1 aromatic heterocycles. The molecule has 1 amide bonds. The maximum Gasteiger partial charge on any atom is 0.326 e. The van der Waals surface area contributed by atoms with Crippen molar-refractivity contribution >= 4 is 22.8 Å². The number of hydrogen-bond donors (Lipinski definition) is 1. The van der Waals surface area contributed by atoms with Crippen molar-refractivity contribution in [3.63, 3.8) is 0 Å². The van der Waals surface area contributed by atoms with Crippen LogP contribution in [0.2, 0.25) is 0 Å². The highest BCUT2D eigenvalue weighted by molar-refractivity contribution is 6.07. The second kappa shape index (κ2) is 5.91. The number of hydrogen-bond acceptors (Lipinski definition) is 3. The Hall–Kier alpha value is -2.43. The SMILES string of the molecule is CCC(C(=O)O)N(C)C(=O)c1cc(C)nc2ccccc12. The summed E-state index contributed by atoms with van der Waals surface area (Å²) < 4.78 is 0. The largest absolute Gasteiger partial charge is 0.480 e. The molecular weight excluding hydrogens is 268 g/mol. The molecule has 0 radical (unpaired) electrons. The Morgan fingerprint density at radius 1 is 1.33 bits per heavy atom. The van der Waals surface area contributed by atoms with E-state index < -0.39 is 12.0 Å². The van der Waals surface area contributed by atoms with Gasteiger partial charge in [-0.05, 0) is 25.5 Å². The van der Waals surface area contributed by atoms with Gasteiger partial charge in [-0.15, -0.1) is 0 Å². The van der Waals surface area contributed by atoms with Crippen LogP contribution in [0.3, 0.4) is 0 Å². The lowest BCUT2D eigenvalue weighted by Crippen LogP contribution is -2.42. The number of para-hydroxylation sites is 1. The van der Waals surface area contributed by atoms with Gasteiger partial charge >= 0.3 is 5.97 Å². The van der Waals surface area contributed by atoms with Gasteiger partial charge in [0.1, 0.15) is 6.04 Å². The zero-order chi connectivity index (χ0) is 15.6. The van der Waals surface area contributed by atoms with Crippen molar-refractivity contribution < 1.29 is 14.7 Å². The number of fused-ring (bicyclic) bond motifs is 1. The van der Waals surface area contributed by atoms with Gasteiger partial charge in [0, 0.05) is 18.1 Å². The molecule has 5 heteroatoms. The molecule has 0 saturated carbocycles. The Bertz CT molecular complexity index is 697. The molecule has 0 saturated heterocycles. The number of benzene rings is 1.